The second kappa shape index (κ2) is 5.69. The van der Waals surface area contributed by atoms with E-state index in [-0.39, 0.29) is 23.8 Å². The van der Waals surface area contributed by atoms with Gasteiger partial charge in [-0.15, -0.1) is 0 Å². The zero-order chi connectivity index (χ0) is 13.7. The fourth-order valence-electron chi connectivity index (χ4n) is 1.68. The molecule has 2 aromatic carbocycles. The molecule has 0 radical (unpaired) electrons. The molecule has 0 bridgehead atoms. The molecule has 0 saturated heterocycles. The van der Waals surface area contributed by atoms with E-state index in [2.05, 4.69) is 5.32 Å². The minimum atomic E-state index is -0.239. The van der Waals surface area contributed by atoms with Gasteiger partial charge in [0.1, 0.15) is 5.75 Å². The summed E-state index contributed by atoms with van der Waals surface area (Å²) in [5.41, 5.74) is 1.52. The standard InChI is InChI=1S/C15H12N2O2/c16-10-12-6-7-14(18)13(8-12)17-15(19)9-11-4-2-1-3-5-11/h1-8,18H,9H2,(H,17,19). The molecule has 0 aliphatic heterocycles. The Kier molecular flexibility index (Phi) is 3.79. The van der Waals surface area contributed by atoms with Gasteiger partial charge in [-0.3, -0.25) is 4.79 Å². The smallest absolute Gasteiger partial charge is 0.228 e. The summed E-state index contributed by atoms with van der Waals surface area (Å²) in [6.07, 6.45) is 0.219. The number of phenols is 1. The fourth-order valence-corrected chi connectivity index (χ4v) is 1.68. The third kappa shape index (κ3) is 3.33. The summed E-state index contributed by atoms with van der Waals surface area (Å²) in [5.74, 6) is -0.294. The number of amides is 1. The number of carbonyl (C=O) groups excluding carboxylic acids is 1. The van der Waals surface area contributed by atoms with Gasteiger partial charge in [0.05, 0.1) is 23.7 Å². The van der Waals surface area contributed by atoms with E-state index in [0.717, 1.165) is 5.56 Å². The van der Waals surface area contributed by atoms with Crippen molar-refractivity contribution in [3.05, 3.63) is 59.7 Å². The quantitative estimate of drug-likeness (QED) is 0.824. The molecule has 4 nitrogen and oxygen atoms in total. The average Bonchev–Trinajstić information content (AvgIpc) is 2.42. The molecule has 2 rings (SSSR count). The van der Waals surface area contributed by atoms with Gasteiger partial charge in [0.25, 0.3) is 0 Å². The Labute approximate surface area is 110 Å². The van der Waals surface area contributed by atoms with E-state index >= 15 is 0 Å². The Morgan fingerprint density at radius 3 is 2.63 bits per heavy atom. The molecule has 1 amide bonds. The van der Waals surface area contributed by atoms with Crippen LogP contribution in [0.4, 0.5) is 5.69 Å². The minimum Gasteiger partial charge on any atom is -0.506 e. The number of phenolic OH excluding ortho intramolecular Hbond substituents is 1. The zero-order valence-electron chi connectivity index (χ0n) is 10.1. The number of nitrogens with one attached hydrogen (secondary N) is 1. The van der Waals surface area contributed by atoms with Crippen LogP contribution in [0.3, 0.4) is 0 Å². The Bertz CT molecular complexity index is 630. The van der Waals surface area contributed by atoms with Crippen molar-refractivity contribution in [3.8, 4) is 11.8 Å². The number of anilines is 1. The predicted molar refractivity (Wildman–Crippen MR) is 71.6 cm³/mol. The lowest BCUT2D eigenvalue weighted by Gasteiger charge is -2.07. The van der Waals surface area contributed by atoms with Crippen molar-refractivity contribution in [3.63, 3.8) is 0 Å². The van der Waals surface area contributed by atoms with Gasteiger partial charge in [-0.05, 0) is 23.8 Å². The molecule has 0 aliphatic carbocycles. The van der Waals surface area contributed by atoms with Crippen LogP contribution in [-0.2, 0) is 11.2 Å². The van der Waals surface area contributed by atoms with Gasteiger partial charge in [0, 0.05) is 0 Å². The normalized spacial score (nSPS) is 9.63. The summed E-state index contributed by atoms with van der Waals surface area (Å²) in [4.78, 5) is 11.8. The van der Waals surface area contributed by atoms with E-state index in [9.17, 15) is 9.90 Å². The number of nitriles is 1. The van der Waals surface area contributed by atoms with Crippen LogP contribution in [0.25, 0.3) is 0 Å². The first kappa shape index (κ1) is 12.7. The van der Waals surface area contributed by atoms with Crippen molar-refractivity contribution in [2.45, 2.75) is 6.42 Å². The van der Waals surface area contributed by atoms with Gasteiger partial charge in [0.2, 0.25) is 5.91 Å². The first-order valence-electron chi connectivity index (χ1n) is 5.76. The summed E-state index contributed by atoms with van der Waals surface area (Å²) in [6.45, 7) is 0. The Morgan fingerprint density at radius 1 is 1.21 bits per heavy atom. The van der Waals surface area contributed by atoms with E-state index in [0.29, 0.717) is 5.56 Å². The summed E-state index contributed by atoms with van der Waals surface area (Å²) in [7, 11) is 0. The second-order valence-electron chi connectivity index (χ2n) is 4.05. The molecule has 0 fully saturated rings. The van der Waals surface area contributed by atoms with Gasteiger partial charge in [-0.2, -0.15) is 5.26 Å². The molecule has 0 heterocycles. The van der Waals surface area contributed by atoms with Crippen LogP contribution in [0.2, 0.25) is 0 Å². The minimum absolute atomic E-state index is 0.0552. The van der Waals surface area contributed by atoms with Crippen molar-refractivity contribution in [2.75, 3.05) is 5.32 Å². The molecule has 94 valence electrons. The number of benzene rings is 2. The van der Waals surface area contributed by atoms with Crippen LogP contribution in [0.1, 0.15) is 11.1 Å². The fraction of sp³-hybridized carbons (Fsp3) is 0.0667. The van der Waals surface area contributed by atoms with E-state index in [1.165, 1.54) is 18.2 Å². The van der Waals surface area contributed by atoms with Gasteiger partial charge in [-0.1, -0.05) is 30.3 Å². The highest BCUT2D eigenvalue weighted by molar-refractivity contribution is 5.93. The second-order valence-corrected chi connectivity index (χ2v) is 4.05. The lowest BCUT2D eigenvalue weighted by Crippen LogP contribution is -2.14. The van der Waals surface area contributed by atoms with E-state index in [1.807, 2.05) is 36.4 Å². The summed E-state index contributed by atoms with van der Waals surface area (Å²) in [6, 6.07) is 15.6. The maximum absolute atomic E-state index is 11.8. The summed E-state index contributed by atoms with van der Waals surface area (Å²) < 4.78 is 0. The SMILES string of the molecule is N#Cc1ccc(O)c(NC(=O)Cc2ccccc2)c1. The first-order valence-corrected chi connectivity index (χ1v) is 5.76. The largest absolute Gasteiger partial charge is 0.506 e. The number of hydrogen-bond donors (Lipinski definition) is 2. The van der Waals surface area contributed by atoms with Crippen LogP contribution >= 0.6 is 0 Å². The van der Waals surface area contributed by atoms with E-state index in [4.69, 9.17) is 5.26 Å². The summed E-state index contributed by atoms with van der Waals surface area (Å²) in [5, 5.41) is 21.0. The average molecular weight is 252 g/mol. The number of nitrogens with zero attached hydrogens (tertiary/aromatic N) is 1. The maximum Gasteiger partial charge on any atom is 0.228 e. The van der Waals surface area contributed by atoms with Crippen LogP contribution < -0.4 is 5.32 Å². The Hall–Kier alpha value is -2.80. The third-order valence-electron chi connectivity index (χ3n) is 2.61. The molecule has 0 saturated carbocycles. The maximum atomic E-state index is 11.8. The molecule has 2 aromatic rings. The highest BCUT2D eigenvalue weighted by atomic mass is 16.3. The number of hydrogen-bond acceptors (Lipinski definition) is 3. The number of aromatic hydroxyl groups is 1. The highest BCUT2D eigenvalue weighted by Gasteiger charge is 2.08. The monoisotopic (exact) mass is 252 g/mol. The topological polar surface area (TPSA) is 73.1 Å². The van der Waals surface area contributed by atoms with Crippen molar-refractivity contribution in [2.24, 2.45) is 0 Å². The van der Waals surface area contributed by atoms with E-state index < -0.39 is 0 Å². The van der Waals surface area contributed by atoms with Crippen molar-refractivity contribution >= 4 is 11.6 Å². The van der Waals surface area contributed by atoms with Crippen molar-refractivity contribution in [1.29, 1.82) is 5.26 Å². The van der Waals surface area contributed by atoms with Crippen LogP contribution in [0.5, 0.6) is 5.75 Å². The number of rotatable bonds is 3. The summed E-state index contributed by atoms with van der Waals surface area (Å²) >= 11 is 0. The van der Waals surface area contributed by atoms with Crippen LogP contribution in [0, 0.1) is 11.3 Å². The molecule has 19 heavy (non-hydrogen) atoms. The number of carbonyl (C=O) groups is 1. The zero-order valence-corrected chi connectivity index (χ0v) is 10.1. The molecule has 4 heteroatoms. The van der Waals surface area contributed by atoms with Crippen molar-refractivity contribution in [1.82, 2.24) is 0 Å². The first-order chi connectivity index (χ1) is 9.19. The van der Waals surface area contributed by atoms with E-state index in [1.54, 1.807) is 0 Å². The molecular weight excluding hydrogens is 240 g/mol. The van der Waals surface area contributed by atoms with Gasteiger partial charge in [0.15, 0.2) is 0 Å². The molecule has 2 N–H and O–H groups in total. The Morgan fingerprint density at radius 2 is 1.95 bits per heavy atom. The van der Waals surface area contributed by atoms with Gasteiger partial charge >= 0.3 is 0 Å². The highest BCUT2D eigenvalue weighted by Crippen LogP contribution is 2.24. The molecule has 0 atom stereocenters. The lowest BCUT2D eigenvalue weighted by molar-refractivity contribution is -0.115. The van der Waals surface area contributed by atoms with Crippen LogP contribution in [-0.4, -0.2) is 11.0 Å². The predicted octanol–water partition coefficient (Wildman–Crippen LogP) is 2.45. The lowest BCUT2D eigenvalue weighted by atomic mass is 10.1. The van der Waals surface area contributed by atoms with Crippen LogP contribution in [0.15, 0.2) is 48.5 Å². The van der Waals surface area contributed by atoms with Crippen molar-refractivity contribution < 1.29 is 9.90 Å². The third-order valence-corrected chi connectivity index (χ3v) is 2.61. The van der Waals surface area contributed by atoms with Gasteiger partial charge < -0.3 is 10.4 Å². The molecule has 0 unspecified atom stereocenters. The molecular formula is C15H12N2O2. The molecule has 0 aliphatic rings. The molecule has 0 spiro atoms. The van der Waals surface area contributed by atoms with Gasteiger partial charge in [-0.25, -0.2) is 0 Å². The molecule has 0 aromatic heterocycles. The Balaban J connectivity index is 2.09.